The van der Waals surface area contributed by atoms with Gasteiger partial charge < -0.3 is 18.1 Å². The van der Waals surface area contributed by atoms with Crippen molar-refractivity contribution >= 4 is 87.4 Å². The number of hydrogen-bond acceptors (Lipinski definition) is 4. The second-order valence-corrected chi connectivity index (χ2v) is 19.5. The van der Waals surface area contributed by atoms with Gasteiger partial charge in [0.05, 0.1) is 43.9 Å². The maximum absolute atomic E-state index is 7.41. The highest BCUT2D eigenvalue weighted by atomic mass is 16.3. The summed E-state index contributed by atoms with van der Waals surface area (Å²) in [6, 6.07) is 90.3. The van der Waals surface area contributed by atoms with E-state index in [1.54, 1.807) is 0 Å². The fourth-order valence-electron chi connectivity index (χ4n) is 11.9. The first kappa shape index (κ1) is 42.2. The minimum Gasteiger partial charge on any atom is -0.455 e. The number of para-hydroxylation sites is 4. The SMILES string of the molecule is c1ccc(-c2nc(-c3ccccc3)nc(-c3ccc(-n4c5ccccc5c5c6oc7c(ccc8c7c7cc(-c9ccc%10c(c9)c9ccccc9n%10-c9ccccc9)ccc7n8-c7ccccc7)c6ccc54)cc3)n2)cc1. The van der Waals surface area contributed by atoms with Crippen molar-refractivity contribution in [2.75, 3.05) is 0 Å². The first-order chi connectivity index (χ1) is 37.7. The number of benzene rings is 11. The topological polar surface area (TPSA) is 66.6 Å². The minimum atomic E-state index is 0.616. The van der Waals surface area contributed by atoms with Crippen LogP contribution in [0.3, 0.4) is 0 Å². The normalized spacial score (nSPS) is 11.9. The molecule has 0 aliphatic carbocycles. The van der Waals surface area contributed by atoms with E-state index in [0.717, 1.165) is 110 Å². The summed E-state index contributed by atoms with van der Waals surface area (Å²) in [5.74, 6) is 1.88. The summed E-state index contributed by atoms with van der Waals surface area (Å²) in [4.78, 5) is 14.9. The average molecular weight is 971 g/mol. The molecule has 16 aromatic rings. The lowest BCUT2D eigenvalue weighted by Crippen LogP contribution is -2.00. The molecule has 0 fully saturated rings. The summed E-state index contributed by atoms with van der Waals surface area (Å²) in [6.45, 7) is 0. The smallest absolute Gasteiger partial charge is 0.164 e. The maximum atomic E-state index is 7.41. The molecule has 354 valence electrons. The lowest BCUT2D eigenvalue weighted by molar-refractivity contribution is 0.677. The molecule has 7 heteroatoms. The third-order valence-electron chi connectivity index (χ3n) is 15.3. The fraction of sp³-hybridized carbons (Fsp3) is 0. The fourth-order valence-corrected chi connectivity index (χ4v) is 11.9. The summed E-state index contributed by atoms with van der Waals surface area (Å²) in [6.07, 6.45) is 0. The molecule has 5 heterocycles. The molecule has 0 radical (unpaired) electrons. The van der Waals surface area contributed by atoms with Crippen LogP contribution in [0.4, 0.5) is 0 Å². The predicted molar refractivity (Wildman–Crippen MR) is 312 cm³/mol. The van der Waals surface area contributed by atoms with Crippen LogP contribution in [0, 0.1) is 0 Å². The van der Waals surface area contributed by atoms with Crippen molar-refractivity contribution in [1.82, 2.24) is 28.7 Å². The van der Waals surface area contributed by atoms with Crippen molar-refractivity contribution in [1.29, 1.82) is 0 Å². The van der Waals surface area contributed by atoms with E-state index in [0.29, 0.717) is 17.5 Å². The Balaban J connectivity index is 0.872. The molecular formula is C69H42N6O. The quantitative estimate of drug-likeness (QED) is 0.160. The predicted octanol–water partition coefficient (Wildman–Crippen LogP) is 17.7. The second kappa shape index (κ2) is 16.6. The van der Waals surface area contributed by atoms with Crippen LogP contribution in [0.25, 0.3) is 150 Å². The molecule has 5 aromatic heterocycles. The summed E-state index contributed by atoms with van der Waals surface area (Å²) in [5.41, 5.74) is 16.8. The molecular weight excluding hydrogens is 929 g/mol. The Labute approximate surface area is 435 Å². The zero-order chi connectivity index (χ0) is 49.8. The number of furan rings is 1. The van der Waals surface area contributed by atoms with Crippen LogP contribution in [0.1, 0.15) is 0 Å². The van der Waals surface area contributed by atoms with Crippen LogP contribution in [0.5, 0.6) is 0 Å². The number of rotatable bonds is 7. The number of hydrogen-bond donors (Lipinski definition) is 0. The number of nitrogens with zero attached hydrogens (tertiary/aromatic N) is 6. The van der Waals surface area contributed by atoms with E-state index >= 15 is 0 Å². The molecule has 7 nitrogen and oxygen atoms in total. The van der Waals surface area contributed by atoms with Crippen molar-refractivity contribution < 1.29 is 4.42 Å². The second-order valence-electron chi connectivity index (χ2n) is 19.5. The molecule has 0 atom stereocenters. The Kier molecular flexibility index (Phi) is 9.20. The standard InChI is InChI=1S/C69H42N6O/c1-5-17-43(18-6-1)67-70-68(44-19-7-2-8-20-44)72-69(71-67)45-29-33-50(34-30-45)75-58-28-16-14-26-54(58)63-61(75)39-35-52-53-36-40-62-64(66(53)76-65(52)63)56-42-47(32-38-60(56)74(62)49-23-11-4-12-24-49)46-31-37-59-55(41-46)51-25-13-15-27-57(51)73(59)48-21-9-3-10-22-48/h1-42H. The highest BCUT2D eigenvalue weighted by Crippen LogP contribution is 2.46. The van der Waals surface area contributed by atoms with Gasteiger partial charge in [-0.25, -0.2) is 15.0 Å². The highest BCUT2D eigenvalue weighted by Gasteiger charge is 2.24. The number of aromatic nitrogens is 6. The zero-order valence-corrected chi connectivity index (χ0v) is 40.8. The summed E-state index contributed by atoms with van der Waals surface area (Å²) in [7, 11) is 0. The Morgan fingerprint density at radius 3 is 1.13 bits per heavy atom. The van der Waals surface area contributed by atoms with Crippen LogP contribution in [0.2, 0.25) is 0 Å². The summed E-state index contributed by atoms with van der Waals surface area (Å²) in [5, 5.41) is 9.05. The molecule has 16 rings (SSSR count). The molecule has 11 aromatic carbocycles. The Bertz CT molecular complexity index is 4900. The average Bonchev–Trinajstić information content (AvgIpc) is 4.31. The lowest BCUT2D eigenvalue weighted by atomic mass is 10.00. The van der Waals surface area contributed by atoms with Gasteiger partial charge in [0.15, 0.2) is 17.5 Å². The molecule has 0 saturated carbocycles. The number of fused-ring (bicyclic) bond motifs is 14. The molecule has 0 saturated heterocycles. The van der Waals surface area contributed by atoms with Gasteiger partial charge in [0.2, 0.25) is 0 Å². The molecule has 0 N–H and O–H groups in total. The minimum absolute atomic E-state index is 0.616. The molecule has 76 heavy (non-hydrogen) atoms. The van der Waals surface area contributed by atoms with Gasteiger partial charge in [-0.2, -0.15) is 0 Å². The van der Waals surface area contributed by atoms with Crippen LogP contribution < -0.4 is 0 Å². The molecule has 0 bridgehead atoms. The van der Waals surface area contributed by atoms with Crippen molar-refractivity contribution in [3.05, 3.63) is 255 Å². The van der Waals surface area contributed by atoms with Crippen LogP contribution >= 0.6 is 0 Å². The van der Waals surface area contributed by atoms with Gasteiger partial charge in [0.1, 0.15) is 11.2 Å². The first-order valence-corrected chi connectivity index (χ1v) is 25.7. The molecule has 0 unspecified atom stereocenters. The molecule has 0 aliphatic rings. The van der Waals surface area contributed by atoms with Crippen LogP contribution in [0.15, 0.2) is 259 Å². The van der Waals surface area contributed by atoms with Crippen LogP contribution in [-0.2, 0) is 0 Å². The van der Waals surface area contributed by atoms with E-state index in [-0.39, 0.29) is 0 Å². The largest absolute Gasteiger partial charge is 0.455 e. The van der Waals surface area contributed by atoms with Crippen LogP contribution in [-0.4, -0.2) is 28.7 Å². The third-order valence-corrected chi connectivity index (χ3v) is 15.3. The lowest BCUT2D eigenvalue weighted by Gasteiger charge is -2.10. The van der Waals surface area contributed by atoms with Crippen molar-refractivity contribution in [2.24, 2.45) is 0 Å². The van der Waals surface area contributed by atoms with E-state index < -0.39 is 0 Å². The van der Waals surface area contributed by atoms with E-state index in [1.807, 2.05) is 60.7 Å². The highest BCUT2D eigenvalue weighted by molar-refractivity contribution is 6.29. The molecule has 0 amide bonds. The van der Waals surface area contributed by atoms with E-state index in [1.165, 1.54) is 21.8 Å². The van der Waals surface area contributed by atoms with E-state index in [9.17, 15) is 0 Å². The summed E-state index contributed by atoms with van der Waals surface area (Å²) < 4.78 is 14.5. The van der Waals surface area contributed by atoms with Crippen molar-refractivity contribution in [2.45, 2.75) is 0 Å². The van der Waals surface area contributed by atoms with Gasteiger partial charge in [0.25, 0.3) is 0 Å². The van der Waals surface area contributed by atoms with Gasteiger partial charge in [0, 0.05) is 66.1 Å². The Morgan fingerprint density at radius 2 is 0.592 bits per heavy atom. The van der Waals surface area contributed by atoms with Gasteiger partial charge in [-0.15, -0.1) is 0 Å². The van der Waals surface area contributed by atoms with Crippen molar-refractivity contribution in [3.8, 4) is 62.4 Å². The zero-order valence-electron chi connectivity index (χ0n) is 40.8. The van der Waals surface area contributed by atoms with Gasteiger partial charge >= 0.3 is 0 Å². The van der Waals surface area contributed by atoms with Gasteiger partial charge in [-0.05, 0) is 120 Å². The van der Waals surface area contributed by atoms with E-state index in [2.05, 4.69) is 208 Å². The van der Waals surface area contributed by atoms with Gasteiger partial charge in [-0.1, -0.05) is 146 Å². The molecule has 0 spiro atoms. The van der Waals surface area contributed by atoms with Crippen molar-refractivity contribution in [3.63, 3.8) is 0 Å². The molecule has 0 aliphatic heterocycles. The monoisotopic (exact) mass is 970 g/mol. The summed E-state index contributed by atoms with van der Waals surface area (Å²) >= 11 is 0. The van der Waals surface area contributed by atoms with E-state index in [4.69, 9.17) is 19.4 Å². The Hall–Kier alpha value is -10.4. The maximum Gasteiger partial charge on any atom is 0.164 e. The van der Waals surface area contributed by atoms with Gasteiger partial charge in [-0.3, -0.25) is 0 Å². The Morgan fingerprint density at radius 1 is 0.237 bits per heavy atom. The third kappa shape index (κ3) is 6.39. The first-order valence-electron chi connectivity index (χ1n) is 25.7.